The first-order chi connectivity index (χ1) is 11.3. The molecule has 1 unspecified atom stereocenters. The molecule has 5 nitrogen and oxygen atoms in total. The van der Waals surface area contributed by atoms with Crippen LogP contribution in [0.4, 0.5) is 13.6 Å². The van der Waals surface area contributed by atoms with E-state index in [1.165, 1.54) is 25.8 Å². The Bertz CT molecular complexity index is 577. The maximum Gasteiger partial charge on any atom is 0.314 e. The van der Waals surface area contributed by atoms with E-state index in [1.807, 2.05) is 0 Å². The molecule has 24 heavy (non-hydrogen) atoms. The molecule has 3 N–H and O–H groups in total. The van der Waals surface area contributed by atoms with Crippen molar-refractivity contribution in [3.63, 3.8) is 0 Å². The third-order valence-corrected chi connectivity index (χ3v) is 4.26. The second-order valence-corrected chi connectivity index (χ2v) is 6.37. The number of halogens is 2. The van der Waals surface area contributed by atoms with Crippen LogP contribution in [0.15, 0.2) is 18.2 Å². The highest BCUT2D eigenvalue weighted by atomic mass is 19.1. The van der Waals surface area contributed by atoms with Crippen molar-refractivity contribution in [3.8, 4) is 0 Å². The van der Waals surface area contributed by atoms with Crippen LogP contribution in [0.25, 0.3) is 0 Å². The van der Waals surface area contributed by atoms with Crippen LogP contribution >= 0.6 is 0 Å². The van der Waals surface area contributed by atoms with Gasteiger partial charge in [-0.15, -0.1) is 0 Å². The van der Waals surface area contributed by atoms with Crippen LogP contribution < -0.4 is 10.6 Å². The summed E-state index contributed by atoms with van der Waals surface area (Å²) in [5.41, 5.74) is -1.69. The molecule has 1 atom stereocenters. The minimum absolute atomic E-state index is 0.0601. The van der Waals surface area contributed by atoms with Gasteiger partial charge in [0.15, 0.2) is 0 Å². The summed E-state index contributed by atoms with van der Waals surface area (Å²) in [5.74, 6) is -1.56. The number of amides is 2. The number of benzene rings is 1. The molecule has 0 heterocycles. The Morgan fingerprint density at radius 2 is 2.08 bits per heavy atom. The number of carbonyl (C=O) groups is 1. The van der Waals surface area contributed by atoms with Crippen LogP contribution in [0.3, 0.4) is 0 Å². The van der Waals surface area contributed by atoms with Gasteiger partial charge in [0.2, 0.25) is 0 Å². The van der Waals surface area contributed by atoms with E-state index < -0.39 is 23.3 Å². The van der Waals surface area contributed by atoms with Gasteiger partial charge < -0.3 is 15.7 Å². The Hall–Kier alpha value is -1.73. The van der Waals surface area contributed by atoms with Gasteiger partial charge in [0.1, 0.15) is 17.2 Å². The first-order valence-electron chi connectivity index (χ1n) is 8.27. The van der Waals surface area contributed by atoms with Gasteiger partial charge in [0, 0.05) is 30.8 Å². The molecule has 1 aliphatic carbocycles. The maximum absolute atomic E-state index is 13.7. The van der Waals surface area contributed by atoms with Crippen molar-refractivity contribution < 1.29 is 18.7 Å². The van der Waals surface area contributed by atoms with Gasteiger partial charge in [0.25, 0.3) is 0 Å². The molecule has 0 aromatic heterocycles. The Morgan fingerprint density at radius 3 is 2.67 bits per heavy atom. The fourth-order valence-electron chi connectivity index (χ4n) is 2.69. The van der Waals surface area contributed by atoms with Crippen molar-refractivity contribution in [2.24, 2.45) is 0 Å². The number of hydrogen-bond acceptors (Lipinski definition) is 3. The van der Waals surface area contributed by atoms with E-state index in [4.69, 9.17) is 0 Å². The standard InChI is InChI=1S/C17H25F2N3O2/c1-3-22(13-5-6-13)9-8-20-16(23)21-11-17(2,24)14-7-4-12(18)10-15(14)19/h4,7,10,13,24H,3,5-6,8-9,11H2,1-2H3,(H2,20,21,23). The Morgan fingerprint density at radius 1 is 1.38 bits per heavy atom. The second-order valence-electron chi connectivity index (χ2n) is 6.37. The number of nitrogens with one attached hydrogen (secondary N) is 2. The largest absolute Gasteiger partial charge is 0.383 e. The molecule has 1 aromatic carbocycles. The van der Waals surface area contributed by atoms with Gasteiger partial charge in [-0.1, -0.05) is 13.0 Å². The summed E-state index contributed by atoms with van der Waals surface area (Å²) in [6.07, 6.45) is 2.43. The minimum atomic E-state index is -1.63. The average molecular weight is 341 g/mol. The third-order valence-electron chi connectivity index (χ3n) is 4.26. The van der Waals surface area contributed by atoms with Gasteiger partial charge >= 0.3 is 6.03 Å². The average Bonchev–Trinajstić information content (AvgIpc) is 3.34. The van der Waals surface area contributed by atoms with E-state index in [2.05, 4.69) is 22.5 Å². The Balaban J connectivity index is 1.77. The number of urea groups is 1. The second kappa shape index (κ2) is 7.90. The van der Waals surface area contributed by atoms with Crippen molar-refractivity contribution in [2.75, 3.05) is 26.2 Å². The lowest BCUT2D eigenvalue weighted by Gasteiger charge is -2.25. The van der Waals surface area contributed by atoms with Gasteiger partial charge in [-0.2, -0.15) is 0 Å². The SMILES string of the molecule is CCN(CCNC(=O)NCC(C)(O)c1ccc(F)cc1F)C1CC1. The first-order valence-corrected chi connectivity index (χ1v) is 8.27. The summed E-state index contributed by atoms with van der Waals surface area (Å²) in [4.78, 5) is 14.1. The molecular formula is C17H25F2N3O2. The van der Waals surface area contributed by atoms with Gasteiger partial charge in [-0.3, -0.25) is 4.90 Å². The molecule has 1 fully saturated rings. The zero-order chi connectivity index (χ0) is 17.7. The molecule has 0 saturated heterocycles. The number of aliphatic hydroxyl groups is 1. The summed E-state index contributed by atoms with van der Waals surface area (Å²) >= 11 is 0. The first kappa shape index (κ1) is 18.6. The number of nitrogens with zero attached hydrogens (tertiary/aromatic N) is 1. The van der Waals surface area contributed by atoms with E-state index in [0.29, 0.717) is 18.7 Å². The molecule has 0 aliphatic heterocycles. The lowest BCUT2D eigenvalue weighted by atomic mass is 9.95. The molecule has 0 bridgehead atoms. The quantitative estimate of drug-likeness (QED) is 0.677. The molecule has 0 radical (unpaired) electrons. The Kier molecular flexibility index (Phi) is 6.12. The lowest BCUT2D eigenvalue weighted by molar-refractivity contribution is 0.0555. The normalized spacial score (nSPS) is 16.8. The summed E-state index contributed by atoms with van der Waals surface area (Å²) in [5, 5.41) is 15.6. The topological polar surface area (TPSA) is 64.6 Å². The number of carbonyl (C=O) groups excluding carboxylic acids is 1. The summed E-state index contributed by atoms with van der Waals surface area (Å²) in [6.45, 7) is 5.51. The highest BCUT2D eigenvalue weighted by Crippen LogP contribution is 2.26. The lowest BCUT2D eigenvalue weighted by Crippen LogP contribution is -2.45. The zero-order valence-corrected chi connectivity index (χ0v) is 14.1. The molecule has 7 heteroatoms. The smallest absolute Gasteiger partial charge is 0.314 e. The predicted octanol–water partition coefficient (Wildman–Crippen LogP) is 1.96. The number of rotatable bonds is 8. The zero-order valence-electron chi connectivity index (χ0n) is 14.1. The molecule has 2 rings (SSSR count). The van der Waals surface area contributed by atoms with E-state index in [-0.39, 0.29) is 12.1 Å². The monoisotopic (exact) mass is 341 g/mol. The number of hydrogen-bond donors (Lipinski definition) is 3. The van der Waals surface area contributed by atoms with Crippen LogP contribution in [0.5, 0.6) is 0 Å². The van der Waals surface area contributed by atoms with Crippen molar-refractivity contribution in [1.82, 2.24) is 15.5 Å². The fraction of sp³-hybridized carbons (Fsp3) is 0.588. The van der Waals surface area contributed by atoms with Crippen LogP contribution in [-0.4, -0.2) is 48.3 Å². The van der Waals surface area contributed by atoms with Crippen molar-refractivity contribution in [1.29, 1.82) is 0 Å². The summed E-state index contributed by atoms with van der Waals surface area (Å²) in [6, 6.07) is 3.18. The molecule has 134 valence electrons. The highest BCUT2D eigenvalue weighted by Gasteiger charge is 2.28. The molecule has 2 amide bonds. The maximum atomic E-state index is 13.7. The van der Waals surface area contributed by atoms with E-state index in [9.17, 15) is 18.7 Å². The van der Waals surface area contributed by atoms with E-state index in [0.717, 1.165) is 19.2 Å². The van der Waals surface area contributed by atoms with E-state index in [1.54, 1.807) is 0 Å². The molecule has 1 saturated carbocycles. The highest BCUT2D eigenvalue weighted by molar-refractivity contribution is 5.73. The fourth-order valence-corrected chi connectivity index (χ4v) is 2.69. The summed E-state index contributed by atoms with van der Waals surface area (Å²) < 4.78 is 26.7. The van der Waals surface area contributed by atoms with Gasteiger partial charge in [-0.05, 0) is 32.4 Å². The molecule has 1 aromatic rings. The van der Waals surface area contributed by atoms with Crippen molar-refractivity contribution >= 4 is 6.03 Å². The predicted molar refractivity (Wildman–Crippen MR) is 87.6 cm³/mol. The molecular weight excluding hydrogens is 316 g/mol. The van der Waals surface area contributed by atoms with Crippen LogP contribution in [-0.2, 0) is 5.60 Å². The van der Waals surface area contributed by atoms with Crippen LogP contribution in [0, 0.1) is 11.6 Å². The number of likely N-dealkylation sites (N-methyl/N-ethyl adjacent to an activating group) is 1. The van der Waals surface area contributed by atoms with Gasteiger partial charge in [0.05, 0.1) is 6.54 Å². The Labute approximate surface area is 141 Å². The van der Waals surface area contributed by atoms with Gasteiger partial charge in [-0.25, -0.2) is 13.6 Å². The van der Waals surface area contributed by atoms with Crippen LogP contribution in [0.1, 0.15) is 32.3 Å². The third kappa shape index (κ3) is 5.14. The van der Waals surface area contributed by atoms with Crippen LogP contribution in [0.2, 0.25) is 0 Å². The molecule has 0 spiro atoms. The minimum Gasteiger partial charge on any atom is -0.383 e. The van der Waals surface area contributed by atoms with Crippen molar-refractivity contribution in [2.45, 2.75) is 38.3 Å². The summed E-state index contributed by atoms with van der Waals surface area (Å²) in [7, 11) is 0. The molecule has 1 aliphatic rings. The van der Waals surface area contributed by atoms with E-state index >= 15 is 0 Å². The van der Waals surface area contributed by atoms with Crippen molar-refractivity contribution in [3.05, 3.63) is 35.4 Å².